The summed E-state index contributed by atoms with van der Waals surface area (Å²) in [6, 6.07) is 12.4. The van der Waals surface area contributed by atoms with Crippen LogP contribution in [0.3, 0.4) is 0 Å². The lowest BCUT2D eigenvalue weighted by Gasteiger charge is -2.30. The van der Waals surface area contributed by atoms with Crippen molar-refractivity contribution in [3.05, 3.63) is 65.2 Å². The van der Waals surface area contributed by atoms with Crippen LogP contribution in [-0.2, 0) is 11.9 Å². The highest BCUT2D eigenvalue weighted by molar-refractivity contribution is 9.08. The van der Waals surface area contributed by atoms with Crippen molar-refractivity contribution in [2.45, 2.75) is 31.8 Å². The van der Waals surface area contributed by atoms with Crippen molar-refractivity contribution in [1.82, 2.24) is 0 Å². The van der Waals surface area contributed by atoms with Crippen LogP contribution in [0.1, 0.15) is 25.0 Å². The zero-order valence-corrected chi connectivity index (χ0v) is 13.7. The summed E-state index contributed by atoms with van der Waals surface area (Å²) in [4.78, 5) is 1.75. The van der Waals surface area contributed by atoms with Crippen molar-refractivity contribution >= 4 is 21.6 Å². The Morgan fingerprint density at radius 1 is 1.00 bits per heavy atom. The first-order valence-electron chi connectivity index (χ1n) is 6.87. The molecule has 0 unspecified atom stereocenters. The van der Waals surface area contributed by atoms with E-state index in [1.165, 1.54) is 12.1 Å². The highest BCUT2D eigenvalue weighted by Crippen LogP contribution is 2.29. The van der Waals surface area contributed by atoms with E-state index in [9.17, 15) is 8.78 Å². The van der Waals surface area contributed by atoms with Gasteiger partial charge in [-0.05, 0) is 37.1 Å². The molecule has 0 atom stereocenters. The van der Waals surface area contributed by atoms with Crippen LogP contribution in [0.4, 0.5) is 14.5 Å². The largest absolute Gasteiger partial charge is 0.360 e. The molecule has 0 radical (unpaired) electrons. The number of hydrogen-bond donors (Lipinski definition) is 0. The Hall–Kier alpha value is -1.42. The molecule has 0 N–H and O–H groups in total. The summed E-state index contributed by atoms with van der Waals surface area (Å²) >= 11 is 3.22. The number of rotatable bonds is 5. The van der Waals surface area contributed by atoms with Crippen LogP contribution >= 0.6 is 15.9 Å². The normalized spacial score (nSPS) is 11.0. The Bertz CT molecular complexity index is 576. The van der Waals surface area contributed by atoms with Crippen LogP contribution in [0.15, 0.2) is 42.5 Å². The molecule has 0 amide bonds. The molecule has 0 aromatic heterocycles. The van der Waals surface area contributed by atoms with Gasteiger partial charge in [-0.15, -0.1) is 0 Å². The molecule has 1 nitrogen and oxygen atoms in total. The number of nitrogens with zero attached hydrogens (tertiary/aromatic N) is 1. The van der Waals surface area contributed by atoms with Gasteiger partial charge in [0, 0.05) is 17.9 Å². The van der Waals surface area contributed by atoms with Gasteiger partial charge >= 0.3 is 0 Å². The van der Waals surface area contributed by atoms with E-state index in [0.29, 0.717) is 17.4 Å². The average molecular weight is 354 g/mol. The highest BCUT2D eigenvalue weighted by atomic mass is 79.9. The number of anilines is 1. The second kappa shape index (κ2) is 7.03. The maximum Gasteiger partial charge on any atom is 0.149 e. The van der Waals surface area contributed by atoms with Crippen LogP contribution in [0, 0.1) is 11.6 Å². The van der Waals surface area contributed by atoms with E-state index in [0.717, 1.165) is 5.56 Å². The van der Waals surface area contributed by atoms with Crippen LogP contribution in [0.25, 0.3) is 0 Å². The third-order valence-corrected chi connectivity index (χ3v) is 3.98. The van der Waals surface area contributed by atoms with E-state index >= 15 is 0 Å². The van der Waals surface area contributed by atoms with Gasteiger partial charge in [-0.3, -0.25) is 0 Å². The second-order valence-electron chi connectivity index (χ2n) is 5.25. The molecule has 0 heterocycles. The van der Waals surface area contributed by atoms with Gasteiger partial charge in [0.1, 0.15) is 17.3 Å². The molecule has 0 saturated heterocycles. The molecular weight excluding hydrogens is 336 g/mol. The van der Waals surface area contributed by atoms with Crippen LogP contribution in [-0.4, -0.2) is 6.04 Å². The van der Waals surface area contributed by atoms with Gasteiger partial charge in [0.2, 0.25) is 0 Å². The molecule has 21 heavy (non-hydrogen) atoms. The first-order chi connectivity index (χ1) is 10.0. The van der Waals surface area contributed by atoms with Crippen LogP contribution in [0.2, 0.25) is 0 Å². The minimum Gasteiger partial charge on any atom is -0.360 e. The van der Waals surface area contributed by atoms with Crippen molar-refractivity contribution in [3.63, 3.8) is 0 Å². The van der Waals surface area contributed by atoms with Gasteiger partial charge in [0.05, 0.1) is 0 Å². The molecule has 2 aromatic rings. The molecule has 0 aliphatic heterocycles. The summed E-state index contributed by atoms with van der Waals surface area (Å²) in [7, 11) is 0. The molecule has 112 valence electrons. The van der Waals surface area contributed by atoms with Crippen LogP contribution in [0.5, 0.6) is 0 Å². The molecule has 0 spiro atoms. The SMILES string of the molecule is CC(C)N(Cc1ccccc1)c1c(F)cc(CBr)cc1F. The fraction of sp³-hybridized carbons (Fsp3) is 0.294. The Morgan fingerprint density at radius 2 is 1.57 bits per heavy atom. The standard InChI is InChI=1S/C17H18BrF2N/c1-12(2)21(11-13-6-4-3-5-7-13)17-15(19)8-14(10-18)9-16(17)20/h3-9,12H,10-11H2,1-2H3. The number of hydrogen-bond acceptors (Lipinski definition) is 1. The van der Waals surface area contributed by atoms with Gasteiger partial charge in [-0.1, -0.05) is 46.3 Å². The van der Waals surface area contributed by atoms with Crippen molar-refractivity contribution in [1.29, 1.82) is 0 Å². The molecular formula is C17H18BrF2N. The molecule has 2 aromatic carbocycles. The topological polar surface area (TPSA) is 3.24 Å². The van der Waals surface area contributed by atoms with E-state index in [4.69, 9.17) is 0 Å². The molecule has 0 saturated carbocycles. The molecule has 0 bridgehead atoms. The van der Waals surface area contributed by atoms with Crippen molar-refractivity contribution in [2.75, 3.05) is 4.90 Å². The van der Waals surface area contributed by atoms with E-state index < -0.39 is 11.6 Å². The lowest BCUT2D eigenvalue weighted by atomic mass is 10.1. The molecule has 4 heteroatoms. The maximum atomic E-state index is 14.3. The average Bonchev–Trinajstić information content (AvgIpc) is 2.46. The third-order valence-electron chi connectivity index (χ3n) is 3.34. The van der Waals surface area contributed by atoms with Crippen molar-refractivity contribution in [3.8, 4) is 0 Å². The number of alkyl halides is 1. The smallest absolute Gasteiger partial charge is 0.149 e. The van der Waals surface area contributed by atoms with E-state index in [-0.39, 0.29) is 11.7 Å². The molecule has 0 aliphatic rings. The van der Waals surface area contributed by atoms with Gasteiger partial charge in [-0.25, -0.2) is 8.78 Å². The van der Waals surface area contributed by atoms with E-state index in [2.05, 4.69) is 15.9 Å². The Labute approximate surface area is 132 Å². The Balaban J connectivity index is 2.39. The fourth-order valence-corrected chi connectivity index (χ4v) is 2.59. The first-order valence-corrected chi connectivity index (χ1v) is 7.99. The summed E-state index contributed by atoms with van der Waals surface area (Å²) in [5.41, 5.74) is 1.66. The minimum atomic E-state index is -0.519. The first kappa shape index (κ1) is 16.0. The lowest BCUT2D eigenvalue weighted by molar-refractivity contribution is 0.552. The zero-order valence-electron chi connectivity index (χ0n) is 12.1. The van der Waals surface area contributed by atoms with Gasteiger partial charge in [0.25, 0.3) is 0 Å². The van der Waals surface area contributed by atoms with Gasteiger partial charge in [-0.2, -0.15) is 0 Å². The molecule has 0 aliphatic carbocycles. The number of halogens is 3. The summed E-state index contributed by atoms with van der Waals surface area (Å²) < 4.78 is 28.6. The van der Waals surface area contributed by atoms with E-state index in [1.54, 1.807) is 4.90 Å². The summed E-state index contributed by atoms with van der Waals surface area (Å²) in [5.74, 6) is -1.04. The minimum absolute atomic E-state index is 0.0102. The summed E-state index contributed by atoms with van der Waals surface area (Å²) in [6.07, 6.45) is 0. The second-order valence-corrected chi connectivity index (χ2v) is 5.81. The van der Waals surface area contributed by atoms with E-state index in [1.807, 2.05) is 44.2 Å². The van der Waals surface area contributed by atoms with Gasteiger partial charge in [0.15, 0.2) is 0 Å². The molecule has 2 rings (SSSR count). The third kappa shape index (κ3) is 3.82. The van der Waals surface area contributed by atoms with Crippen molar-refractivity contribution in [2.24, 2.45) is 0 Å². The highest BCUT2D eigenvalue weighted by Gasteiger charge is 2.20. The quantitative estimate of drug-likeness (QED) is 0.661. The monoisotopic (exact) mass is 353 g/mol. The summed E-state index contributed by atoms with van der Waals surface area (Å²) in [5, 5.41) is 0.432. The molecule has 0 fully saturated rings. The van der Waals surface area contributed by atoms with Gasteiger partial charge < -0.3 is 4.90 Å². The van der Waals surface area contributed by atoms with Crippen molar-refractivity contribution < 1.29 is 8.78 Å². The Kier molecular flexibility index (Phi) is 5.34. The predicted molar refractivity (Wildman–Crippen MR) is 86.8 cm³/mol. The maximum absolute atomic E-state index is 14.3. The lowest BCUT2D eigenvalue weighted by Crippen LogP contribution is -2.31. The zero-order chi connectivity index (χ0) is 15.4. The van der Waals surface area contributed by atoms with Crippen LogP contribution < -0.4 is 4.90 Å². The number of benzene rings is 2. The Morgan fingerprint density at radius 3 is 2.05 bits per heavy atom. The summed E-state index contributed by atoms with van der Waals surface area (Å²) in [6.45, 7) is 4.33. The predicted octanol–water partition coefficient (Wildman–Crippen LogP) is 5.27. The fourth-order valence-electron chi connectivity index (χ4n) is 2.27.